The molecule has 1 saturated carbocycles. The highest BCUT2D eigenvalue weighted by molar-refractivity contribution is 5.77. The topological polar surface area (TPSA) is 29.5 Å². The number of amides is 1. The summed E-state index contributed by atoms with van der Waals surface area (Å²) in [5.74, 6) is 0.894. The van der Waals surface area contributed by atoms with Gasteiger partial charge in [-0.05, 0) is 39.5 Å². The molecule has 1 amide bonds. The van der Waals surface area contributed by atoms with Crippen LogP contribution >= 0.6 is 0 Å². The molecule has 0 aromatic rings. The van der Waals surface area contributed by atoms with Gasteiger partial charge in [0.15, 0.2) is 0 Å². The summed E-state index contributed by atoms with van der Waals surface area (Å²) in [6.45, 7) is 7.89. The van der Waals surface area contributed by atoms with Crippen molar-refractivity contribution in [2.45, 2.75) is 39.7 Å². The summed E-state index contributed by atoms with van der Waals surface area (Å²) in [7, 11) is 0. The van der Waals surface area contributed by atoms with Gasteiger partial charge in [0.2, 0.25) is 5.91 Å². The lowest BCUT2D eigenvalue weighted by Crippen LogP contribution is -2.36. The summed E-state index contributed by atoms with van der Waals surface area (Å²) in [4.78, 5) is 13.5. The standard InChI is InChI=1S/C11H21NO2/c1-4-12(7-10-5-6-10)11(13)8-14-9(2)3/h9-10H,4-8H2,1-3H3. The van der Waals surface area contributed by atoms with E-state index < -0.39 is 0 Å². The molecule has 3 nitrogen and oxygen atoms in total. The SMILES string of the molecule is CCN(CC1CC1)C(=O)COC(C)C. The van der Waals surface area contributed by atoms with Crippen molar-refractivity contribution in [2.24, 2.45) is 5.92 Å². The molecule has 0 bridgehead atoms. The molecule has 0 radical (unpaired) electrons. The Morgan fingerprint density at radius 1 is 1.50 bits per heavy atom. The largest absolute Gasteiger partial charge is 0.369 e. The summed E-state index contributed by atoms with van der Waals surface area (Å²) < 4.78 is 5.30. The van der Waals surface area contributed by atoms with Crippen molar-refractivity contribution < 1.29 is 9.53 Å². The fourth-order valence-electron chi connectivity index (χ4n) is 1.35. The second kappa shape index (κ2) is 5.35. The number of likely N-dealkylation sites (N-methyl/N-ethyl adjacent to an activating group) is 1. The fraction of sp³-hybridized carbons (Fsp3) is 0.909. The maximum absolute atomic E-state index is 11.6. The van der Waals surface area contributed by atoms with E-state index in [-0.39, 0.29) is 18.6 Å². The van der Waals surface area contributed by atoms with Gasteiger partial charge in [0.25, 0.3) is 0 Å². The lowest BCUT2D eigenvalue weighted by Gasteiger charge is -2.21. The smallest absolute Gasteiger partial charge is 0.248 e. The van der Waals surface area contributed by atoms with Crippen LogP contribution in [0.15, 0.2) is 0 Å². The van der Waals surface area contributed by atoms with E-state index in [0.29, 0.717) is 0 Å². The van der Waals surface area contributed by atoms with Gasteiger partial charge < -0.3 is 9.64 Å². The van der Waals surface area contributed by atoms with E-state index in [1.165, 1.54) is 12.8 Å². The zero-order valence-electron chi connectivity index (χ0n) is 9.45. The second-order valence-corrected chi connectivity index (χ2v) is 4.24. The number of ether oxygens (including phenoxy) is 1. The molecule has 1 aliphatic rings. The molecular formula is C11H21NO2. The van der Waals surface area contributed by atoms with Crippen molar-refractivity contribution in [3.63, 3.8) is 0 Å². The van der Waals surface area contributed by atoms with Crippen molar-refractivity contribution >= 4 is 5.91 Å². The first-order chi connectivity index (χ1) is 6.63. The number of rotatable bonds is 6. The molecule has 0 aromatic heterocycles. The monoisotopic (exact) mass is 199 g/mol. The molecule has 1 aliphatic carbocycles. The fourth-order valence-corrected chi connectivity index (χ4v) is 1.35. The molecule has 0 N–H and O–H groups in total. The highest BCUT2D eigenvalue weighted by Crippen LogP contribution is 2.29. The predicted molar refractivity (Wildman–Crippen MR) is 56.1 cm³/mol. The number of carbonyl (C=O) groups excluding carboxylic acids is 1. The van der Waals surface area contributed by atoms with Gasteiger partial charge in [0.05, 0.1) is 6.10 Å². The summed E-state index contributed by atoms with van der Waals surface area (Å²) in [6.07, 6.45) is 2.71. The Bertz CT molecular complexity index is 188. The summed E-state index contributed by atoms with van der Waals surface area (Å²) >= 11 is 0. The van der Waals surface area contributed by atoms with Crippen LogP contribution in [0.3, 0.4) is 0 Å². The minimum atomic E-state index is 0.133. The predicted octanol–water partition coefficient (Wildman–Crippen LogP) is 1.67. The van der Waals surface area contributed by atoms with Gasteiger partial charge >= 0.3 is 0 Å². The molecule has 0 heterocycles. The lowest BCUT2D eigenvalue weighted by molar-refractivity contribution is -0.137. The Balaban J connectivity index is 2.23. The number of hydrogen-bond acceptors (Lipinski definition) is 2. The van der Waals surface area contributed by atoms with Crippen LogP contribution < -0.4 is 0 Å². The molecule has 14 heavy (non-hydrogen) atoms. The summed E-state index contributed by atoms with van der Waals surface area (Å²) in [5, 5.41) is 0. The zero-order valence-corrected chi connectivity index (χ0v) is 9.45. The van der Waals surface area contributed by atoms with Gasteiger partial charge in [-0.25, -0.2) is 0 Å². The second-order valence-electron chi connectivity index (χ2n) is 4.24. The van der Waals surface area contributed by atoms with Gasteiger partial charge in [-0.2, -0.15) is 0 Å². The number of hydrogen-bond donors (Lipinski definition) is 0. The first-order valence-electron chi connectivity index (χ1n) is 5.52. The Labute approximate surface area is 86.4 Å². The van der Waals surface area contributed by atoms with Gasteiger partial charge in [-0.15, -0.1) is 0 Å². The molecule has 1 fully saturated rings. The van der Waals surface area contributed by atoms with Gasteiger partial charge in [0, 0.05) is 13.1 Å². The molecule has 0 aromatic carbocycles. The summed E-state index contributed by atoms with van der Waals surface area (Å²) in [6, 6.07) is 0. The van der Waals surface area contributed by atoms with Crippen LogP contribution in [0.4, 0.5) is 0 Å². The van der Waals surface area contributed by atoms with Crippen molar-refractivity contribution in [1.82, 2.24) is 4.90 Å². The van der Waals surface area contributed by atoms with E-state index in [9.17, 15) is 4.79 Å². The molecule has 0 saturated heterocycles. The first-order valence-corrected chi connectivity index (χ1v) is 5.52. The quantitative estimate of drug-likeness (QED) is 0.651. The average molecular weight is 199 g/mol. The zero-order chi connectivity index (χ0) is 10.6. The average Bonchev–Trinajstić information content (AvgIpc) is 2.93. The highest BCUT2D eigenvalue weighted by Gasteiger charge is 2.25. The van der Waals surface area contributed by atoms with E-state index in [1.807, 2.05) is 25.7 Å². The van der Waals surface area contributed by atoms with Gasteiger partial charge in [-0.3, -0.25) is 4.79 Å². The van der Waals surface area contributed by atoms with Crippen LogP contribution in [0.5, 0.6) is 0 Å². The molecule has 3 heteroatoms. The Morgan fingerprint density at radius 2 is 2.14 bits per heavy atom. The van der Waals surface area contributed by atoms with E-state index in [0.717, 1.165) is 19.0 Å². The third kappa shape index (κ3) is 4.09. The Kier molecular flexibility index (Phi) is 4.39. The van der Waals surface area contributed by atoms with Crippen LogP contribution in [0.2, 0.25) is 0 Å². The molecule has 82 valence electrons. The maximum atomic E-state index is 11.6. The van der Waals surface area contributed by atoms with E-state index in [1.54, 1.807) is 0 Å². The molecule has 1 rings (SSSR count). The minimum absolute atomic E-state index is 0.133. The highest BCUT2D eigenvalue weighted by atomic mass is 16.5. The molecular weight excluding hydrogens is 178 g/mol. The van der Waals surface area contributed by atoms with E-state index in [4.69, 9.17) is 4.74 Å². The third-order valence-electron chi connectivity index (χ3n) is 2.45. The van der Waals surface area contributed by atoms with Crippen LogP contribution in [0.1, 0.15) is 33.6 Å². The molecule has 0 unspecified atom stereocenters. The lowest BCUT2D eigenvalue weighted by atomic mass is 10.3. The van der Waals surface area contributed by atoms with Crippen LogP contribution in [0.25, 0.3) is 0 Å². The Morgan fingerprint density at radius 3 is 2.57 bits per heavy atom. The summed E-state index contributed by atoms with van der Waals surface area (Å²) in [5.41, 5.74) is 0. The molecule has 0 aliphatic heterocycles. The van der Waals surface area contributed by atoms with Crippen LogP contribution in [-0.4, -0.2) is 36.6 Å². The van der Waals surface area contributed by atoms with Gasteiger partial charge in [0.1, 0.15) is 6.61 Å². The van der Waals surface area contributed by atoms with Crippen molar-refractivity contribution in [1.29, 1.82) is 0 Å². The molecule has 0 spiro atoms. The number of carbonyl (C=O) groups is 1. The van der Waals surface area contributed by atoms with E-state index in [2.05, 4.69) is 0 Å². The third-order valence-corrected chi connectivity index (χ3v) is 2.45. The number of nitrogens with zero attached hydrogens (tertiary/aromatic N) is 1. The minimum Gasteiger partial charge on any atom is -0.369 e. The molecule has 0 atom stereocenters. The van der Waals surface area contributed by atoms with Crippen LogP contribution in [-0.2, 0) is 9.53 Å². The van der Waals surface area contributed by atoms with Crippen molar-refractivity contribution in [3.8, 4) is 0 Å². The first kappa shape index (κ1) is 11.5. The van der Waals surface area contributed by atoms with Crippen LogP contribution in [0, 0.1) is 5.92 Å². The van der Waals surface area contributed by atoms with Crippen molar-refractivity contribution in [2.75, 3.05) is 19.7 Å². The maximum Gasteiger partial charge on any atom is 0.248 e. The van der Waals surface area contributed by atoms with Gasteiger partial charge in [-0.1, -0.05) is 0 Å². The van der Waals surface area contributed by atoms with E-state index >= 15 is 0 Å². The van der Waals surface area contributed by atoms with Crippen molar-refractivity contribution in [3.05, 3.63) is 0 Å². The normalized spacial score (nSPS) is 16.0. The Hall–Kier alpha value is -0.570.